The van der Waals surface area contributed by atoms with E-state index in [0.717, 1.165) is 83.5 Å². The van der Waals surface area contributed by atoms with Crippen LogP contribution in [0, 0.1) is 0 Å². The SMILES string of the molecule is CC/C=C/C/C=C/C/C=C/C/C=C/CCCCCC(=O)OC(CCCCCCCCCCCCCCCCC)CC(=O)NC(CO)C(O)CCCCCCCCCCCCC. The first-order valence-electron chi connectivity index (χ1n) is 26.4. The van der Waals surface area contributed by atoms with Crippen LogP contribution in [-0.4, -0.2) is 46.9 Å². The summed E-state index contributed by atoms with van der Waals surface area (Å²) in [6.07, 6.45) is 58.8. The third-order valence-electron chi connectivity index (χ3n) is 11.9. The summed E-state index contributed by atoms with van der Waals surface area (Å²) in [5.74, 6) is -0.501. The molecule has 0 spiro atoms. The van der Waals surface area contributed by atoms with Gasteiger partial charge in [-0.15, -0.1) is 0 Å². The Hall–Kier alpha value is -2.18. The lowest BCUT2D eigenvalue weighted by atomic mass is 10.0. The molecule has 0 rings (SSSR count). The van der Waals surface area contributed by atoms with Gasteiger partial charge in [-0.1, -0.05) is 236 Å². The monoisotopic (exact) mass is 856 g/mol. The molecule has 0 saturated heterocycles. The number of unbranched alkanes of at least 4 members (excludes halogenated alkanes) is 27. The fraction of sp³-hybridized carbons (Fsp3) is 0.818. The summed E-state index contributed by atoms with van der Waals surface area (Å²) in [7, 11) is 0. The molecule has 1 amide bonds. The van der Waals surface area contributed by atoms with E-state index in [0.29, 0.717) is 19.3 Å². The third kappa shape index (κ3) is 44.2. The number of nitrogens with one attached hydrogen (secondary N) is 1. The Morgan fingerprint density at radius 2 is 0.885 bits per heavy atom. The van der Waals surface area contributed by atoms with E-state index in [-0.39, 0.29) is 24.9 Å². The summed E-state index contributed by atoms with van der Waals surface area (Å²) in [6.45, 7) is 6.37. The van der Waals surface area contributed by atoms with Gasteiger partial charge in [0.1, 0.15) is 6.10 Å². The van der Waals surface area contributed by atoms with Gasteiger partial charge in [-0.25, -0.2) is 0 Å². The number of esters is 1. The highest BCUT2D eigenvalue weighted by molar-refractivity contribution is 5.77. The lowest BCUT2D eigenvalue weighted by molar-refractivity contribution is -0.151. The molecule has 61 heavy (non-hydrogen) atoms. The molecule has 0 saturated carbocycles. The molecule has 0 aliphatic carbocycles. The molecule has 3 unspecified atom stereocenters. The number of allylic oxidation sites excluding steroid dienone is 8. The minimum atomic E-state index is -0.791. The van der Waals surface area contributed by atoms with Crippen LogP contribution in [0.3, 0.4) is 0 Å². The Morgan fingerprint density at radius 1 is 0.492 bits per heavy atom. The van der Waals surface area contributed by atoms with Crippen LogP contribution in [0.25, 0.3) is 0 Å². The van der Waals surface area contributed by atoms with Crippen LogP contribution in [0.1, 0.15) is 265 Å². The minimum Gasteiger partial charge on any atom is -0.462 e. The number of rotatable bonds is 47. The zero-order valence-electron chi connectivity index (χ0n) is 40.5. The van der Waals surface area contributed by atoms with E-state index in [1.807, 2.05) is 0 Å². The number of carbonyl (C=O) groups excluding carboxylic acids is 2. The number of hydrogen-bond donors (Lipinski definition) is 3. The number of amides is 1. The molecule has 0 heterocycles. The van der Waals surface area contributed by atoms with E-state index in [9.17, 15) is 19.8 Å². The maximum Gasteiger partial charge on any atom is 0.306 e. The molecule has 3 N–H and O–H groups in total. The zero-order chi connectivity index (χ0) is 44.5. The predicted molar refractivity (Wildman–Crippen MR) is 264 cm³/mol. The second-order valence-electron chi connectivity index (χ2n) is 17.9. The molecule has 0 aliphatic heterocycles. The van der Waals surface area contributed by atoms with Gasteiger partial charge >= 0.3 is 5.97 Å². The summed E-state index contributed by atoms with van der Waals surface area (Å²) in [6, 6.07) is -0.706. The van der Waals surface area contributed by atoms with Crippen molar-refractivity contribution in [3.8, 4) is 0 Å². The first kappa shape index (κ1) is 58.8. The van der Waals surface area contributed by atoms with Crippen LogP contribution in [-0.2, 0) is 14.3 Å². The molecule has 0 aliphatic rings. The lowest BCUT2D eigenvalue weighted by Crippen LogP contribution is -2.46. The van der Waals surface area contributed by atoms with Crippen LogP contribution < -0.4 is 5.32 Å². The van der Waals surface area contributed by atoms with Crippen molar-refractivity contribution in [2.45, 2.75) is 283 Å². The van der Waals surface area contributed by atoms with Crippen molar-refractivity contribution < 1.29 is 24.5 Å². The largest absolute Gasteiger partial charge is 0.462 e. The van der Waals surface area contributed by atoms with Gasteiger partial charge in [0.15, 0.2) is 0 Å². The molecule has 0 bridgehead atoms. The first-order valence-corrected chi connectivity index (χ1v) is 26.4. The van der Waals surface area contributed by atoms with Crippen molar-refractivity contribution in [2.24, 2.45) is 0 Å². The maximum atomic E-state index is 13.2. The summed E-state index contributed by atoms with van der Waals surface area (Å²) >= 11 is 0. The zero-order valence-corrected chi connectivity index (χ0v) is 40.5. The normalized spacial score (nSPS) is 13.6. The van der Waals surface area contributed by atoms with E-state index < -0.39 is 18.2 Å². The van der Waals surface area contributed by atoms with Gasteiger partial charge in [0, 0.05) is 6.42 Å². The van der Waals surface area contributed by atoms with Crippen molar-refractivity contribution in [3.63, 3.8) is 0 Å². The van der Waals surface area contributed by atoms with Crippen molar-refractivity contribution in [1.82, 2.24) is 5.32 Å². The third-order valence-corrected chi connectivity index (χ3v) is 11.9. The van der Waals surface area contributed by atoms with E-state index in [4.69, 9.17) is 4.74 Å². The fourth-order valence-corrected chi connectivity index (χ4v) is 7.95. The smallest absolute Gasteiger partial charge is 0.306 e. The average Bonchev–Trinajstić information content (AvgIpc) is 3.25. The van der Waals surface area contributed by atoms with Crippen LogP contribution in [0.15, 0.2) is 48.6 Å². The van der Waals surface area contributed by atoms with E-state index in [2.05, 4.69) is 74.7 Å². The molecule has 3 atom stereocenters. The van der Waals surface area contributed by atoms with Gasteiger partial charge in [-0.05, 0) is 64.2 Å². The van der Waals surface area contributed by atoms with Gasteiger partial charge in [0.25, 0.3) is 0 Å². The lowest BCUT2D eigenvalue weighted by Gasteiger charge is -2.24. The summed E-state index contributed by atoms with van der Waals surface area (Å²) in [4.78, 5) is 26.2. The predicted octanol–water partition coefficient (Wildman–Crippen LogP) is 15.8. The molecule has 0 aromatic rings. The molecule has 0 aromatic carbocycles. The van der Waals surface area contributed by atoms with Gasteiger partial charge in [-0.3, -0.25) is 9.59 Å². The number of aliphatic hydroxyl groups is 2. The van der Waals surface area contributed by atoms with Gasteiger partial charge < -0.3 is 20.3 Å². The van der Waals surface area contributed by atoms with E-state index in [1.165, 1.54) is 135 Å². The number of carbonyl (C=O) groups is 2. The fourth-order valence-electron chi connectivity index (χ4n) is 7.95. The van der Waals surface area contributed by atoms with Crippen molar-refractivity contribution in [3.05, 3.63) is 48.6 Å². The second-order valence-corrected chi connectivity index (χ2v) is 17.9. The number of aliphatic hydroxyl groups excluding tert-OH is 2. The highest BCUT2D eigenvalue weighted by Crippen LogP contribution is 2.18. The quantitative estimate of drug-likeness (QED) is 0.0322. The summed E-state index contributed by atoms with van der Waals surface area (Å²) < 4.78 is 5.93. The summed E-state index contributed by atoms with van der Waals surface area (Å²) in [5.41, 5.74) is 0. The average molecular weight is 856 g/mol. The molecule has 0 fully saturated rings. The molecular formula is C55H101NO5. The molecule has 0 aromatic heterocycles. The number of hydrogen-bond acceptors (Lipinski definition) is 5. The van der Waals surface area contributed by atoms with E-state index in [1.54, 1.807) is 0 Å². The topological polar surface area (TPSA) is 95.9 Å². The Morgan fingerprint density at radius 3 is 1.33 bits per heavy atom. The van der Waals surface area contributed by atoms with Crippen LogP contribution in [0.2, 0.25) is 0 Å². The van der Waals surface area contributed by atoms with Crippen molar-refractivity contribution in [2.75, 3.05) is 6.61 Å². The van der Waals surface area contributed by atoms with Crippen LogP contribution >= 0.6 is 0 Å². The van der Waals surface area contributed by atoms with E-state index >= 15 is 0 Å². The van der Waals surface area contributed by atoms with Gasteiger partial charge in [0.2, 0.25) is 5.91 Å². The standard InChI is InChI=1S/C55H101NO5/c1-4-7-10-13-16-19-22-24-26-28-30-33-36-39-42-45-48-55(60)61-51(46-43-40-37-34-32-29-27-25-23-20-17-14-11-8-5-2)49-54(59)56-52(50-57)53(58)47-44-41-38-35-31-21-18-15-12-9-6-3/h7,10,16,19,24,26,30,33,51-53,57-58H,4-6,8-9,11-15,17-18,20-23,25,27-29,31-32,34-50H2,1-3H3,(H,56,59)/b10-7+,19-16+,26-24+,33-30+. The highest BCUT2D eigenvalue weighted by atomic mass is 16.5. The van der Waals surface area contributed by atoms with Crippen LogP contribution in [0.5, 0.6) is 0 Å². The van der Waals surface area contributed by atoms with Gasteiger partial charge in [0.05, 0.1) is 25.2 Å². The Bertz CT molecular complexity index is 1050. The highest BCUT2D eigenvalue weighted by Gasteiger charge is 2.24. The Balaban J connectivity index is 4.62. The van der Waals surface area contributed by atoms with Crippen LogP contribution in [0.4, 0.5) is 0 Å². The van der Waals surface area contributed by atoms with Crippen molar-refractivity contribution >= 4 is 11.9 Å². The molecule has 0 radical (unpaired) electrons. The molecule has 6 nitrogen and oxygen atoms in total. The minimum absolute atomic E-state index is 0.0673. The Labute approximate surface area is 378 Å². The second kappa shape index (κ2) is 48.8. The van der Waals surface area contributed by atoms with Crippen molar-refractivity contribution in [1.29, 1.82) is 0 Å². The summed E-state index contributed by atoms with van der Waals surface area (Å²) in [5, 5.41) is 23.8. The first-order chi connectivity index (χ1) is 30.0. The molecule has 6 heteroatoms. The molecular weight excluding hydrogens is 755 g/mol. The Kier molecular flexibility index (Phi) is 47.1. The van der Waals surface area contributed by atoms with Gasteiger partial charge in [-0.2, -0.15) is 0 Å². The molecule has 356 valence electrons. The number of ether oxygens (including phenoxy) is 1. The maximum absolute atomic E-state index is 13.2.